The van der Waals surface area contributed by atoms with Crippen LogP contribution in [0.15, 0.2) is 22.5 Å². The number of nitrogens with two attached hydrogens (primary N) is 11. The number of carbonyl (C=O) groups is 9. The van der Waals surface area contributed by atoms with E-state index in [4.69, 9.17) is 63.1 Å². The SMILES string of the molecule is NCCCC[C@H](NC(=O)[C@H](CCCCN)NC(=O)[C@H](CCCN=C(N)N)NC(=O)[C@H](CCCN=C(N)N)NC(=O)[C@H](CCCCN)NC(=O)[C@H](CCCCN)NC(=O)[C@H](Cc1cnc[nH]1)NC(=O)[C@H](CCCCN)NC(=O)[C@@H](N)CCCCN)C(=O)O. The molecule has 0 aliphatic heterocycles. The first-order valence-electron chi connectivity index (χ1n) is 30.4. The summed E-state index contributed by atoms with van der Waals surface area (Å²) in [6.45, 7) is 1.86. The van der Waals surface area contributed by atoms with E-state index in [1.165, 1.54) is 12.5 Å². The number of aliphatic carboxylic acids is 1. The molecule has 9 atom stereocenters. The Morgan fingerprint density at radius 3 is 0.943 bits per heavy atom. The Bertz CT molecular complexity index is 2240. The molecule has 8 amide bonds. The molecule has 0 saturated carbocycles. The summed E-state index contributed by atoms with van der Waals surface area (Å²) in [6, 6.07) is -11.4. The number of carbonyl (C=O) groups excluding carboxylic acids is 8. The van der Waals surface area contributed by atoms with Crippen LogP contribution in [0.1, 0.15) is 147 Å². The highest BCUT2D eigenvalue weighted by molar-refractivity contribution is 5.98. The molecule has 0 unspecified atom stereocenters. The molecule has 0 aliphatic rings. The van der Waals surface area contributed by atoms with Crippen LogP contribution in [0, 0.1) is 0 Å². The van der Waals surface area contributed by atoms with Crippen molar-refractivity contribution in [3.8, 4) is 0 Å². The predicted molar refractivity (Wildman–Crippen MR) is 331 cm³/mol. The molecule has 1 heterocycles. The number of rotatable bonds is 51. The molecule has 0 bridgehead atoms. The van der Waals surface area contributed by atoms with Crippen molar-refractivity contribution in [3.63, 3.8) is 0 Å². The van der Waals surface area contributed by atoms with Gasteiger partial charge in [-0.1, -0.05) is 6.42 Å². The smallest absolute Gasteiger partial charge is 0.326 e. The minimum atomic E-state index is -1.41. The summed E-state index contributed by atoms with van der Waals surface area (Å²) < 4.78 is 0. The number of aromatic amines is 1. The average molecular weight is 1240 g/mol. The molecule has 87 heavy (non-hydrogen) atoms. The average Bonchev–Trinajstić information content (AvgIpc) is 4.08. The molecular formula is C54H105N23O10. The molecule has 0 aromatic carbocycles. The lowest BCUT2D eigenvalue weighted by Crippen LogP contribution is -2.60. The van der Waals surface area contributed by atoms with Gasteiger partial charge in [-0.05, 0) is 174 Å². The van der Waals surface area contributed by atoms with Crippen LogP contribution in [0.3, 0.4) is 0 Å². The van der Waals surface area contributed by atoms with Crippen molar-refractivity contribution in [3.05, 3.63) is 18.2 Å². The van der Waals surface area contributed by atoms with Crippen molar-refractivity contribution in [1.29, 1.82) is 0 Å². The molecule has 0 radical (unpaired) electrons. The van der Waals surface area contributed by atoms with E-state index in [0.717, 1.165) is 0 Å². The first-order valence-corrected chi connectivity index (χ1v) is 30.4. The number of hydrogen-bond acceptors (Lipinski definition) is 19. The van der Waals surface area contributed by atoms with E-state index >= 15 is 0 Å². The number of guanidine groups is 2. The first-order chi connectivity index (χ1) is 41.7. The fraction of sp³-hybridized carbons (Fsp3) is 0.741. The van der Waals surface area contributed by atoms with Gasteiger partial charge in [0.25, 0.3) is 0 Å². The van der Waals surface area contributed by atoms with Gasteiger partial charge in [0.05, 0.1) is 12.4 Å². The van der Waals surface area contributed by atoms with Crippen molar-refractivity contribution in [2.75, 3.05) is 52.4 Å². The summed E-state index contributed by atoms with van der Waals surface area (Å²) in [6.07, 6.45) is 8.97. The summed E-state index contributed by atoms with van der Waals surface area (Å²) in [5.41, 5.74) is 63.3. The van der Waals surface area contributed by atoms with Crippen LogP contribution in [0.4, 0.5) is 0 Å². The summed E-state index contributed by atoms with van der Waals surface area (Å²) in [7, 11) is 0. The van der Waals surface area contributed by atoms with Gasteiger partial charge in [0.1, 0.15) is 48.3 Å². The van der Waals surface area contributed by atoms with Crippen LogP contribution in [-0.4, -0.2) is 187 Å². The monoisotopic (exact) mass is 1240 g/mol. The van der Waals surface area contributed by atoms with Gasteiger partial charge in [-0.2, -0.15) is 0 Å². The van der Waals surface area contributed by atoms with Gasteiger partial charge < -0.3 is 116 Å². The fourth-order valence-corrected chi connectivity index (χ4v) is 8.99. The standard InChI is InChI=1S/C54H105N23O10/c55-23-7-1-15-35(61)44(78)70-36(16-2-8-24-56)50(84)77-43(31-34-32-66-33-69-34)51(85)75-38(18-4-10-26-58)46(80)71-37(17-3-9-25-57)45(79)73-41(22-14-30-68-54(64)65)48(82)74-40(21-13-29-67-53(62)63)47(81)72-39(19-5-11-27-59)49(83)76-42(52(86)87)20-6-12-28-60/h32-33,35-43H,1-31,55-61H2,(H,66,69)(H,70,78)(H,71,80)(H,72,81)(H,73,79)(H,74,82)(H,75,85)(H,76,83)(H,77,84)(H,86,87)(H4,62,63,67)(H4,64,65,68)/t35-,36-,37-,38-,39-,40-,41-,42-,43-/m0/s1. The van der Waals surface area contributed by atoms with Crippen LogP contribution >= 0.6 is 0 Å². The van der Waals surface area contributed by atoms with E-state index in [9.17, 15) is 48.3 Å². The second-order valence-corrected chi connectivity index (χ2v) is 21.3. The first kappa shape index (κ1) is 77.7. The van der Waals surface area contributed by atoms with E-state index in [-0.39, 0.29) is 109 Å². The molecule has 0 aliphatic carbocycles. The molecule has 0 fully saturated rings. The van der Waals surface area contributed by atoms with Crippen molar-refractivity contribution in [1.82, 2.24) is 52.5 Å². The number of amides is 8. The fourth-order valence-electron chi connectivity index (χ4n) is 8.99. The maximum atomic E-state index is 14.6. The lowest BCUT2D eigenvalue weighted by molar-refractivity contribution is -0.142. The van der Waals surface area contributed by atoms with Crippen molar-refractivity contribution in [2.24, 2.45) is 73.1 Å². The van der Waals surface area contributed by atoms with Gasteiger partial charge in [-0.15, -0.1) is 0 Å². The molecule has 0 saturated heterocycles. The number of nitrogens with one attached hydrogen (secondary N) is 9. The number of carboxylic acid groups (broad SMARTS) is 1. The van der Waals surface area contributed by atoms with Gasteiger partial charge in [0.15, 0.2) is 11.9 Å². The highest BCUT2D eigenvalue weighted by atomic mass is 16.4. The molecule has 0 spiro atoms. The van der Waals surface area contributed by atoms with Gasteiger partial charge in [-0.3, -0.25) is 48.3 Å². The lowest BCUT2D eigenvalue weighted by Gasteiger charge is -2.28. The lowest BCUT2D eigenvalue weighted by atomic mass is 10.0. The zero-order chi connectivity index (χ0) is 64.9. The highest BCUT2D eigenvalue weighted by Crippen LogP contribution is 2.13. The largest absolute Gasteiger partial charge is 0.480 e. The number of carboxylic acids is 1. The third kappa shape index (κ3) is 34.6. The van der Waals surface area contributed by atoms with Crippen LogP contribution in [0.25, 0.3) is 0 Å². The summed E-state index contributed by atoms with van der Waals surface area (Å²) in [5.74, 6) is -7.90. The van der Waals surface area contributed by atoms with Crippen LogP contribution in [0.2, 0.25) is 0 Å². The van der Waals surface area contributed by atoms with E-state index < -0.39 is 108 Å². The van der Waals surface area contributed by atoms with E-state index in [1.807, 2.05) is 0 Å². The molecule has 1 aromatic rings. The molecular weight excluding hydrogens is 1130 g/mol. The number of imidazole rings is 1. The third-order valence-corrected chi connectivity index (χ3v) is 14.0. The zero-order valence-electron chi connectivity index (χ0n) is 50.6. The summed E-state index contributed by atoms with van der Waals surface area (Å²) in [4.78, 5) is 141. The minimum absolute atomic E-state index is 0.00616. The molecule has 1 rings (SSSR count). The maximum absolute atomic E-state index is 14.6. The number of aliphatic imine (C=N–C) groups is 2. The predicted octanol–water partition coefficient (Wildman–Crippen LogP) is -5.88. The van der Waals surface area contributed by atoms with Crippen molar-refractivity contribution < 1.29 is 48.3 Å². The Balaban J connectivity index is 3.74. The quantitative estimate of drug-likeness (QED) is 0.0164. The van der Waals surface area contributed by atoms with Gasteiger partial charge in [0, 0.05) is 31.4 Å². The summed E-state index contributed by atoms with van der Waals surface area (Å²) >= 11 is 0. The van der Waals surface area contributed by atoms with Gasteiger partial charge in [-0.25, -0.2) is 9.78 Å². The maximum Gasteiger partial charge on any atom is 0.326 e. The molecule has 33 nitrogen and oxygen atoms in total. The van der Waals surface area contributed by atoms with Crippen LogP contribution in [-0.2, 0) is 49.6 Å². The second-order valence-electron chi connectivity index (χ2n) is 21.3. The number of unbranched alkanes of at least 4 members (excludes halogenated alkanes) is 6. The van der Waals surface area contributed by atoms with E-state index in [0.29, 0.717) is 109 Å². The Morgan fingerprint density at radius 1 is 0.391 bits per heavy atom. The number of aromatic nitrogens is 2. The van der Waals surface area contributed by atoms with Gasteiger partial charge >= 0.3 is 5.97 Å². The Kier molecular flexibility index (Phi) is 41.9. The molecule has 32 N–H and O–H groups in total. The normalized spacial score (nSPS) is 14.2. The minimum Gasteiger partial charge on any atom is -0.480 e. The van der Waals surface area contributed by atoms with Gasteiger partial charge in [0.2, 0.25) is 47.3 Å². The number of H-pyrrole nitrogens is 1. The van der Waals surface area contributed by atoms with Crippen molar-refractivity contribution in [2.45, 2.75) is 202 Å². The molecule has 496 valence electrons. The van der Waals surface area contributed by atoms with E-state index in [1.54, 1.807) is 0 Å². The van der Waals surface area contributed by atoms with Crippen LogP contribution < -0.4 is 106 Å². The molecule has 33 heteroatoms. The Morgan fingerprint density at radius 2 is 0.655 bits per heavy atom. The Hall–Kier alpha value is -7.30. The zero-order valence-corrected chi connectivity index (χ0v) is 50.6. The van der Waals surface area contributed by atoms with E-state index in [2.05, 4.69) is 62.5 Å². The Labute approximate surface area is 510 Å². The highest BCUT2D eigenvalue weighted by Gasteiger charge is 2.35. The second kappa shape index (κ2) is 46.9. The third-order valence-electron chi connectivity index (χ3n) is 14.0. The topological polar surface area (TPSA) is 610 Å². The number of hydrogen-bond donors (Lipinski definition) is 21. The van der Waals surface area contributed by atoms with Crippen LogP contribution in [0.5, 0.6) is 0 Å². The molecule has 1 aromatic heterocycles. The number of nitrogens with zero attached hydrogens (tertiary/aromatic N) is 3. The summed E-state index contributed by atoms with van der Waals surface area (Å²) in [5, 5.41) is 31.5. The van der Waals surface area contributed by atoms with Crippen molar-refractivity contribution >= 4 is 65.1 Å².